The Labute approximate surface area is 204 Å². The maximum absolute atomic E-state index is 12.5. The quantitative estimate of drug-likeness (QED) is 0.257. The van der Waals surface area contributed by atoms with E-state index < -0.39 is 12.1 Å². The molecule has 1 N–H and O–H groups in total. The number of carbonyl (C=O) groups excluding carboxylic acids is 1. The Morgan fingerprint density at radius 1 is 0.912 bits per heavy atom. The zero-order valence-corrected chi connectivity index (χ0v) is 19.7. The largest absolute Gasteiger partial charge is 0.493 e. The van der Waals surface area contributed by atoms with Crippen LogP contribution < -0.4 is 9.47 Å². The minimum Gasteiger partial charge on any atom is -0.493 e. The van der Waals surface area contributed by atoms with Crippen molar-refractivity contribution in [3.8, 4) is 11.5 Å². The number of benzene rings is 3. The van der Waals surface area contributed by atoms with E-state index in [9.17, 15) is 14.7 Å². The predicted octanol–water partition coefficient (Wildman–Crippen LogP) is 5.45. The molecule has 0 saturated carbocycles. The van der Waals surface area contributed by atoms with E-state index in [1.165, 1.54) is 0 Å². The Morgan fingerprint density at radius 3 is 2.24 bits per heavy atom. The molecule has 1 atom stereocenters. The SMILES string of the molecule is CCO[C@@H](Cc1ccc(OCCCOc2ccc(C(=O)c3ccccc3)cc2)c(Cl)c1)C(=O)O. The molecule has 0 spiro atoms. The molecule has 0 saturated heterocycles. The van der Waals surface area contributed by atoms with Crippen LogP contribution in [0.5, 0.6) is 11.5 Å². The number of hydrogen-bond acceptors (Lipinski definition) is 5. The van der Waals surface area contributed by atoms with E-state index in [1.54, 1.807) is 61.5 Å². The summed E-state index contributed by atoms with van der Waals surface area (Å²) in [5.41, 5.74) is 2.02. The standard InChI is InChI=1S/C27H27ClO6/c1-2-32-25(27(30)31)18-19-9-14-24(23(28)17-19)34-16-6-15-33-22-12-10-21(11-13-22)26(29)20-7-4-3-5-8-20/h3-5,7-14,17,25H,2,6,15-16,18H2,1H3,(H,30,31)/t25-/m0/s1. The van der Waals surface area contributed by atoms with Crippen molar-refractivity contribution in [1.29, 1.82) is 0 Å². The summed E-state index contributed by atoms with van der Waals surface area (Å²) in [5, 5.41) is 9.63. The summed E-state index contributed by atoms with van der Waals surface area (Å²) in [6.45, 7) is 2.92. The zero-order valence-electron chi connectivity index (χ0n) is 18.9. The summed E-state index contributed by atoms with van der Waals surface area (Å²) in [5.74, 6) is 0.169. The summed E-state index contributed by atoms with van der Waals surface area (Å²) in [4.78, 5) is 23.7. The van der Waals surface area contributed by atoms with E-state index in [0.717, 1.165) is 5.56 Å². The lowest BCUT2D eigenvalue weighted by atomic mass is 10.0. The number of carbonyl (C=O) groups is 2. The number of carboxylic acid groups (broad SMARTS) is 1. The van der Waals surface area contributed by atoms with Crippen LogP contribution >= 0.6 is 11.6 Å². The maximum Gasteiger partial charge on any atom is 0.333 e. The van der Waals surface area contributed by atoms with Gasteiger partial charge in [0, 0.05) is 30.6 Å². The number of aliphatic carboxylic acids is 1. The highest BCUT2D eigenvalue weighted by atomic mass is 35.5. The van der Waals surface area contributed by atoms with Crippen molar-refractivity contribution < 1.29 is 28.9 Å². The van der Waals surface area contributed by atoms with E-state index >= 15 is 0 Å². The van der Waals surface area contributed by atoms with Crippen LogP contribution in [0.3, 0.4) is 0 Å². The molecule has 6 nitrogen and oxygen atoms in total. The first-order valence-corrected chi connectivity index (χ1v) is 11.4. The Balaban J connectivity index is 1.42. The highest BCUT2D eigenvalue weighted by Crippen LogP contribution is 2.26. The smallest absolute Gasteiger partial charge is 0.333 e. The van der Waals surface area contributed by atoms with E-state index in [4.69, 9.17) is 25.8 Å². The normalized spacial score (nSPS) is 11.6. The second-order valence-electron chi connectivity index (χ2n) is 7.52. The molecule has 178 valence electrons. The Morgan fingerprint density at radius 2 is 1.59 bits per heavy atom. The predicted molar refractivity (Wildman–Crippen MR) is 130 cm³/mol. The minimum absolute atomic E-state index is 0.0279. The van der Waals surface area contributed by atoms with E-state index in [2.05, 4.69) is 0 Å². The molecule has 3 rings (SSSR count). The average Bonchev–Trinajstić information content (AvgIpc) is 2.85. The number of ether oxygens (including phenoxy) is 3. The van der Waals surface area contributed by atoms with Crippen molar-refractivity contribution in [2.24, 2.45) is 0 Å². The van der Waals surface area contributed by atoms with Crippen molar-refractivity contribution in [1.82, 2.24) is 0 Å². The van der Waals surface area contributed by atoms with Gasteiger partial charge in [-0.3, -0.25) is 4.79 Å². The molecule has 0 aliphatic heterocycles. The second kappa shape index (κ2) is 12.8. The fraction of sp³-hybridized carbons (Fsp3) is 0.259. The molecule has 0 bridgehead atoms. The Bertz CT molecular complexity index is 1080. The van der Waals surface area contributed by atoms with Gasteiger partial charge in [-0.05, 0) is 48.9 Å². The number of ketones is 1. The van der Waals surface area contributed by atoms with E-state index in [-0.39, 0.29) is 12.2 Å². The molecule has 0 aliphatic carbocycles. The van der Waals surface area contributed by atoms with Crippen LogP contribution in [-0.2, 0) is 16.0 Å². The van der Waals surface area contributed by atoms with Crippen LogP contribution in [-0.4, -0.2) is 42.8 Å². The molecule has 0 aromatic heterocycles. The number of hydrogen-bond donors (Lipinski definition) is 1. The van der Waals surface area contributed by atoms with Gasteiger partial charge in [-0.1, -0.05) is 48.0 Å². The van der Waals surface area contributed by atoms with Crippen molar-refractivity contribution in [3.05, 3.63) is 94.5 Å². The van der Waals surface area contributed by atoms with Crippen molar-refractivity contribution >= 4 is 23.4 Å². The lowest BCUT2D eigenvalue weighted by Crippen LogP contribution is -2.26. The lowest BCUT2D eigenvalue weighted by molar-refractivity contribution is -0.149. The maximum atomic E-state index is 12.5. The molecule has 7 heteroatoms. The fourth-order valence-electron chi connectivity index (χ4n) is 3.31. The summed E-state index contributed by atoms with van der Waals surface area (Å²) in [6, 6.07) is 21.4. The van der Waals surface area contributed by atoms with Crippen LogP contribution in [0.15, 0.2) is 72.8 Å². The van der Waals surface area contributed by atoms with Crippen LogP contribution in [0.2, 0.25) is 5.02 Å². The molecule has 0 amide bonds. The van der Waals surface area contributed by atoms with Crippen molar-refractivity contribution in [2.75, 3.05) is 19.8 Å². The highest BCUT2D eigenvalue weighted by molar-refractivity contribution is 6.32. The highest BCUT2D eigenvalue weighted by Gasteiger charge is 2.18. The van der Waals surface area contributed by atoms with Crippen LogP contribution in [0, 0.1) is 0 Å². The molecular formula is C27H27ClO6. The zero-order chi connectivity index (χ0) is 24.3. The summed E-state index contributed by atoms with van der Waals surface area (Å²) < 4.78 is 16.7. The molecule has 0 fully saturated rings. The summed E-state index contributed by atoms with van der Waals surface area (Å²) >= 11 is 6.29. The molecule has 0 heterocycles. The van der Waals surface area contributed by atoms with Gasteiger partial charge in [-0.2, -0.15) is 0 Å². The summed E-state index contributed by atoms with van der Waals surface area (Å²) in [6.07, 6.45) is -0.0449. The number of halogens is 1. The minimum atomic E-state index is -1.00. The first-order valence-electron chi connectivity index (χ1n) is 11.1. The average molecular weight is 483 g/mol. The van der Waals surface area contributed by atoms with Gasteiger partial charge in [0.25, 0.3) is 0 Å². The van der Waals surface area contributed by atoms with Gasteiger partial charge in [-0.25, -0.2) is 4.79 Å². The third kappa shape index (κ3) is 7.33. The molecule has 3 aromatic rings. The molecule has 0 radical (unpaired) electrons. The lowest BCUT2D eigenvalue weighted by Gasteiger charge is -2.14. The monoisotopic (exact) mass is 482 g/mol. The Hall–Kier alpha value is -3.35. The molecule has 34 heavy (non-hydrogen) atoms. The first kappa shape index (κ1) is 25.3. The third-order valence-electron chi connectivity index (χ3n) is 5.03. The van der Waals surface area contributed by atoms with Gasteiger partial charge in [0.1, 0.15) is 11.5 Å². The first-order chi connectivity index (χ1) is 16.5. The second-order valence-corrected chi connectivity index (χ2v) is 7.93. The van der Waals surface area contributed by atoms with Crippen molar-refractivity contribution in [2.45, 2.75) is 25.9 Å². The Kier molecular flexibility index (Phi) is 9.50. The third-order valence-corrected chi connectivity index (χ3v) is 5.32. The van der Waals surface area contributed by atoms with Crippen LogP contribution in [0.1, 0.15) is 34.8 Å². The van der Waals surface area contributed by atoms with Gasteiger partial charge in [0.05, 0.1) is 18.2 Å². The molecule has 0 aliphatic rings. The van der Waals surface area contributed by atoms with Crippen molar-refractivity contribution in [3.63, 3.8) is 0 Å². The summed E-state index contributed by atoms with van der Waals surface area (Å²) in [7, 11) is 0. The van der Waals surface area contributed by atoms with Crippen LogP contribution in [0.25, 0.3) is 0 Å². The number of rotatable bonds is 13. The van der Waals surface area contributed by atoms with Gasteiger partial charge >= 0.3 is 5.97 Å². The van der Waals surface area contributed by atoms with Crippen LogP contribution in [0.4, 0.5) is 0 Å². The molecule has 3 aromatic carbocycles. The van der Waals surface area contributed by atoms with Gasteiger partial charge < -0.3 is 19.3 Å². The fourth-order valence-corrected chi connectivity index (χ4v) is 3.57. The van der Waals surface area contributed by atoms with Gasteiger partial charge in [0.15, 0.2) is 11.9 Å². The van der Waals surface area contributed by atoms with E-state index in [1.807, 2.05) is 18.2 Å². The number of carboxylic acids is 1. The van der Waals surface area contributed by atoms with Gasteiger partial charge in [-0.15, -0.1) is 0 Å². The molecular weight excluding hydrogens is 456 g/mol. The molecule has 0 unspecified atom stereocenters. The van der Waals surface area contributed by atoms with Gasteiger partial charge in [0.2, 0.25) is 0 Å². The topological polar surface area (TPSA) is 82.1 Å². The van der Waals surface area contributed by atoms with E-state index in [0.29, 0.717) is 53.9 Å².